The standard InChI is InChI=1S/C22H17NO5/c24-17-11-16(12-18(25)13-17)21(26)23-20-9-8-15(10-19(20)22(27)28)7-6-14-4-2-1-3-5-14/h1-13,24-25H,(H,23,26)(H,27,28)/b7-6+. The third-order valence-corrected chi connectivity index (χ3v) is 3.95. The first kappa shape index (κ1) is 18.7. The quantitative estimate of drug-likeness (QED) is 0.500. The fraction of sp³-hybridized carbons (Fsp3) is 0. The number of benzene rings is 3. The highest BCUT2D eigenvalue weighted by atomic mass is 16.4. The lowest BCUT2D eigenvalue weighted by atomic mass is 10.1. The van der Waals surface area contributed by atoms with Crippen molar-refractivity contribution in [1.82, 2.24) is 0 Å². The summed E-state index contributed by atoms with van der Waals surface area (Å²) in [5.74, 6) is -2.39. The second-order valence-electron chi connectivity index (χ2n) is 6.05. The summed E-state index contributed by atoms with van der Waals surface area (Å²) >= 11 is 0. The summed E-state index contributed by atoms with van der Waals surface area (Å²) in [4.78, 5) is 24.0. The largest absolute Gasteiger partial charge is 0.508 e. The maximum atomic E-state index is 12.3. The van der Waals surface area contributed by atoms with Crippen LogP contribution in [0, 0.1) is 0 Å². The number of carboxylic acid groups (broad SMARTS) is 1. The van der Waals surface area contributed by atoms with Crippen LogP contribution in [0.1, 0.15) is 31.8 Å². The number of aromatic carboxylic acids is 1. The zero-order chi connectivity index (χ0) is 20.1. The van der Waals surface area contributed by atoms with Gasteiger partial charge in [-0.15, -0.1) is 0 Å². The summed E-state index contributed by atoms with van der Waals surface area (Å²) in [5.41, 5.74) is 1.67. The van der Waals surface area contributed by atoms with Gasteiger partial charge in [0.1, 0.15) is 11.5 Å². The number of nitrogens with one attached hydrogen (secondary N) is 1. The van der Waals surface area contributed by atoms with Gasteiger partial charge in [-0.3, -0.25) is 4.79 Å². The van der Waals surface area contributed by atoms with Crippen molar-refractivity contribution in [3.05, 3.63) is 89.0 Å². The van der Waals surface area contributed by atoms with E-state index in [-0.39, 0.29) is 28.3 Å². The number of aromatic hydroxyl groups is 2. The molecule has 3 rings (SSSR count). The molecule has 3 aromatic rings. The Balaban J connectivity index is 1.86. The molecule has 0 saturated carbocycles. The number of hydrogen-bond acceptors (Lipinski definition) is 4. The zero-order valence-corrected chi connectivity index (χ0v) is 14.7. The van der Waals surface area contributed by atoms with Crippen molar-refractivity contribution >= 4 is 29.7 Å². The van der Waals surface area contributed by atoms with Crippen molar-refractivity contribution in [1.29, 1.82) is 0 Å². The first-order valence-corrected chi connectivity index (χ1v) is 8.37. The zero-order valence-electron chi connectivity index (χ0n) is 14.7. The number of carbonyl (C=O) groups excluding carboxylic acids is 1. The van der Waals surface area contributed by atoms with Crippen molar-refractivity contribution in [2.45, 2.75) is 0 Å². The highest BCUT2D eigenvalue weighted by Crippen LogP contribution is 2.23. The molecule has 0 bridgehead atoms. The van der Waals surface area contributed by atoms with E-state index in [4.69, 9.17) is 0 Å². The number of carboxylic acids is 1. The molecule has 0 radical (unpaired) electrons. The summed E-state index contributed by atoms with van der Waals surface area (Å²) in [5, 5.41) is 31.0. The molecule has 3 aromatic carbocycles. The molecule has 28 heavy (non-hydrogen) atoms. The number of amides is 1. The summed E-state index contributed by atoms with van der Waals surface area (Å²) in [6.45, 7) is 0. The molecule has 0 fully saturated rings. The molecular weight excluding hydrogens is 358 g/mol. The second-order valence-corrected chi connectivity index (χ2v) is 6.05. The van der Waals surface area contributed by atoms with Gasteiger partial charge in [-0.2, -0.15) is 0 Å². The van der Waals surface area contributed by atoms with Crippen LogP contribution in [-0.2, 0) is 0 Å². The van der Waals surface area contributed by atoms with Gasteiger partial charge in [0.15, 0.2) is 0 Å². The normalized spacial score (nSPS) is 10.7. The van der Waals surface area contributed by atoms with E-state index in [0.29, 0.717) is 5.56 Å². The van der Waals surface area contributed by atoms with Gasteiger partial charge in [0.25, 0.3) is 5.91 Å². The lowest BCUT2D eigenvalue weighted by Gasteiger charge is -2.10. The van der Waals surface area contributed by atoms with Crippen LogP contribution in [0.25, 0.3) is 12.2 Å². The lowest BCUT2D eigenvalue weighted by Crippen LogP contribution is -2.15. The molecule has 0 aliphatic carbocycles. The van der Waals surface area contributed by atoms with Crippen LogP contribution < -0.4 is 5.32 Å². The van der Waals surface area contributed by atoms with E-state index < -0.39 is 11.9 Å². The SMILES string of the molecule is O=C(Nc1ccc(/C=C/c2ccccc2)cc1C(=O)O)c1cc(O)cc(O)c1. The lowest BCUT2D eigenvalue weighted by molar-refractivity contribution is 0.0698. The number of hydrogen-bond donors (Lipinski definition) is 4. The smallest absolute Gasteiger partial charge is 0.337 e. The predicted molar refractivity (Wildman–Crippen MR) is 106 cm³/mol. The number of anilines is 1. The van der Waals surface area contributed by atoms with Gasteiger partial charge >= 0.3 is 5.97 Å². The van der Waals surface area contributed by atoms with Crippen LogP contribution in [0.5, 0.6) is 11.5 Å². The maximum absolute atomic E-state index is 12.3. The monoisotopic (exact) mass is 375 g/mol. The molecule has 1 amide bonds. The Hall–Kier alpha value is -4.06. The minimum atomic E-state index is -1.19. The van der Waals surface area contributed by atoms with Crippen LogP contribution in [0.15, 0.2) is 66.7 Å². The van der Waals surface area contributed by atoms with Gasteiger partial charge in [-0.1, -0.05) is 48.6 Å². The first-order chi connectivity index (χ1) is 13.4. The van der Waals surface area contributed by atoms with E-state index in [0.717, 1.165) is 11.6 Å². The predicted octanol–water partition coefficient (Wildman–Crippen LogP) is 4.22. The van der Waals surface area contributed by atoms with Crippen LogP contribution in [-0.4, -0.2) is 27.2 Å². The Bertz CT molecular complexity index is 1040. The molecule has 6 heteroatoms. The third kappa shape index (κ3) is 4.56. The van der Waals surface area contributed by atoms with E-state index in [2.05, 4.69) is 5.32 Å². The van der Waals surface area contributed by atoms with E-state index >= 15 is 0 Å². The van der Waals surface area contributed by atoms with Gasteiger partial charge in [0, 0.05) is 11.6 Å². The summed E-state index contributed by atoms with van der Waals surface area (Å²) < 4.78 is 0. The molecule has 0 saturated heterocycles. The fourth-order valence-corrected chi connectivity index (χ4v) is 2.63. The topological polar surface area (TPSA) is 107 Å². The van der Waals surface area contributed by atoms with E-state index in [1.54, 1.807) is 12.1 Å². The average molecular weight is 375 g/mol. The fourth-order valence-electron chi connectivity index (χ4n) is 2.63. The molecule has 140 valence electrons. The van der Waals surface area contributed by atoms with Crippen LogP contribution in [0.4, 0.5) is 5.69 Å². The van der Waals surface area contributed by atoms with Gasteiger partial charge in [0.05, 0.1) is 11.3 Å². The van der Waals surface area contributed by atoms with E-state index in [1.807, 2.05) is 36.4 Å². The molecular formula is C22H17NO5. The Kier molecular flexibility index (Phi) is 5.41. The molecule has 0 aromatic heterocycles. The van der Waals surface area contributed by atoms with Crippen molar-refractivity contribution in [2.75, 3.05) is 5.32 Å². The molecule has 0 spiro atoms. The highest BCUT2D eigenvalue weighted by Gasteiger charge is 2.15. The molecule has 0 aliphatic rings. The molecule has 0 aliphatic heterocycles. The van der Waals surface area contributed by atoms with Crippen molar-refractivity contribution in [3.63, 3.8) is 0 Å². The Morgan fingerprint density at radius 2 is 1.43 bits per heavy atom. The Labute approximate surface area is 161 Å². The molecule has 0 unspecified atom stereocenters. The molecule has 0 heterocycles. The molecule has 4 N–H and O–H groups in total. The molecule has 6 nitrogen and oxygen atoms in total. The minimum absolute atomic E-state index is 0.00175. The second kappa shape index (κ2) is 8.09. The van der Waals surface area contributed by atoms with Crippen LogP contribution in [0.3, 0.4) is 0 Å². The van der Waals surface area contributed by atoms with Gasteiger partial charge < -0.3 is 20.6 Å². The van der Waals surface area contributed by atoms with Crippen molar-refractivity contribution in [3.8, 4) is 11.5 Å². The summed E-state index contributed by atoms with van der Waals surface area (Å²) in [7, 11) is 0. The van der Waals surface area contributed by atoms with E-state index in [1.165, 1.54) is 24.3 Å². The van der Waals surface area contributed by atoms with Gasteiger partial charge in [-0.25, -0.2) is 4.79 Å². The number of phenols is 2. The highest BCUT2D eigenvalue weighted by molar-refractivity contribution is 6.08. The average Bonchev–Trinajstić information content (AvgIpc) is 2.67. The Morgan fingerprint density at radius 3 is 2.07 bits per heavy atom. The number of carbonyl (C=O) groups is 2. The van der Waals surface area contributed by atoms with Crippen molar-refractivity contribution in [2.24, 2.45) is 0 Å². The minimum Gasteiger partial charge on any atom is -0.508 e. The summed E-state index contributed by atoms with van der Waals surface area (Å²) in [6.07, 6.45) is 3.63. The maximum Gasteiger partial charge on any atom is 0.337 e. The van der Waals surface area contributed by atoms with Crippen LogP contribution in [0.2, 0.25) is 0 Å². The van der Waals surface area contributed by atoms with Gasteiger partial charge in [-0.05, 0) is 35.4 Å². The van der Waals surface area contributed by atoms with Crippen LogP contribution >= 0.6 is 0 Å². The molecule has 0 atom stereocenters. The third-order valence-electron chi connectivity index (χ3n) is 3.95. The van der Waals surface area contributed by atoms with Crippen molar-refractivity contribution < 1.29 is 24.9 Å². The number of phenolic OH excluding ortho intramolecular Hbond substituents is 2. The van der Waals surface area contributed by atoms with E-state index in [9.17, 15) is 24.9 Å². The summed E-state index contributed by atoms with van der Waals surface area (Å²) in [6, 6.07) is 17.6. The number of rotatable bonds is 5. The first-order valence-electron chi connectivity index (χ1n) is 8.37. The van der Waals surface area contributed by atoms with Gasteiger partial charge in [0.2, 0.25) is 0 Å². The Morgan fingerprint density at radius 1 is 0.786 bits per heavy atom.